The Balaban J connectivity index is 1.59. The van der Waals surface area contributed by atoms with Crippen LogP contribution in [0.2, 0.25) is 5.02 Å². The number of furan rings is 1. The number of nitrogens with zero attached hydrogens (tertiary/aromatic N) is 3. The summed E-state index contributed by atoms with van der Waals surface area (Å²) in [5.41, 5.74) is 1.31. The van der Waals surface area contributed by atoms with Crippen LogP contribution >= 0.6 is 11.6 Å². The zero-order valence-corrected chi connectivity index (χ0v) is 20.6. The maximum Gasteiger partial charge on any atom is 0.343 e. The number of nitro benzene ring substituents is 1. The summed E-state index contributed by atoms with van der Waals surface area (Å²) in [6.45, 7) is 1.87. The highest BCUT2D eigenvalue weighted by molar-refractivity contribution is 6.46. The number of non-ortho nitro benzene ring substituents is 1. The molecule has 0 atom stereocenters. The molecule has 188 valence electrons. The molecule has 2 heterocycles. The van der Waals surface area contributed by atoms with Crippen molar-refractivity contribution in [1.29, 1.82) is 0 Å². The highest BCUT2D eigenvalue weighted by Crippen LogP contribution is 2.34. The highest BCUT2D eigenvalue weighted by Gasteiger charge is 2.43. The van der Waals surface area contributed by atoms with Crippen molar-refractivity contribution in [1.82, 2.24) is 0 Å². The summed E-state index contributed by atoms with van der Waals surface area (Å²) in [7, 11) is 0. The van der Waals surface area contributed by atoms with Gasteiger partial charge in [0.2, 0.25) is 0 Å². The number of urea groups is 1. The molecule has 1 aromatic heterocycles. The number of benzene rings is 3. The first-order valence-electron chi connectivity index (χ1n) is 11.3. The molecule has 9 nitrogen and oxygen atoms in total. The van der Waals surface area contributed by atoms with Gasteiger partial charge in [-0.05, 0) is 55.5 Å². The molecule has 0 bridgehead atoms. The summed E-state index contributed by atoms with van der Waals surface area (Å²) in [6.07, 6.45) is 1.24. The van der Waals surface area contributed by atoms with E-state index in [1.165, 1.54) is 36.4 Å². The van der Waals surface area contributed by atoms with Gasteiger partial charge >= 0.3 is 6.03 Å². The number of imide groups is 2. The summed E-state index contributed by atoms with van der Waals surface area (Å²) in [4.78, 5) is 52.9. The van der Waals surface area contributed by atoms with Gasteiger partial charge in [0.25, 0.3) is 17.5 Å². The smallest absolute Gasteiger partial charge is 0.343 e. The lowest BCUT2D eigenvalue weighted by Gasteiger charge is -2.33. The summed E-state index contributed by atoms with van der Waals surface area (Å²) in [6, 6.07) is 21.1. The van der Waals surface area contributed by atoms with Crippen LogP contribution in [0.25, 0.3) is 17.4 Å². The molecule has 38 heavy (non-hydrogen) atoms. The second kappa shape index (κ2) is 9.79. The summed E-state index contributed by atoms with van der Waals surface area (Å²) < 4.78 is 5.80. The topological polar surface area (TPSA) is 114 Å². The van der Waals surface area contributed by atoms with E-state index in [0.29, 0.717) is 11.4 Å². The molecule has 0 N–H and O–H groups in total. The van der Waals surface area contributed by atoms with Crippen LogP contribution in [-0.2, 0) is 9.59 Å². The third kappa shape index (κ3) is 4.46. The Kier molecular flexibility index (Phi) is 6.36. The maximum atomic E-state index is 13.5. The van der Waals surface area contributed by atoms with E-state index in [9.17, 15) is 24.5 Å². The fraction of sp³-hybridized carbons (Fsp3) is 0.0357. The second-order valence-corrected chi connectivity index (χ2v) is 8.82. The summed E-state index contributed by atoms with van der Waals surface area (Å²) in [5, 5.41) is 11.4. The second-order valence-electron chi connectivity index (χ2n) is 8.42. The molecule has 0 unspecified atom stereocenters. The average molecular weight is 528 g/mol. The Hall–Kier alpha value is -5.02. The van der Waals surface area contributed by atoms with E-state index >= 15 is 0 Å². The Morgan fingerprint density at radius 1 is 0.842 bits per heavy atom. The molecule has 5 rings (SSSR count). The maximum absolute atomic E-state index is 13.5. The van der Waals surface area contributed by atoms with E-state index < -0.39 is 22.8 Å². The SMILES string of the molecule is Cc1ccc(N2C(=O)/C(=C/c3ccc(-c4cc([N+](=O)[O-])ccc4Cl)o3)C(=O)N(c3ccccc3)C2=O)cc1. The van der Waals surface area contributed by atoms with Crippen LogP contribution < -0.4 is 9.80 Å². The fourth-order valence-corrected chi connectivity index (χ4v) is 4.20. The number of hydrogen-bond donors (Lipinski definition) is 0. The quantitative estimate of drug-likeness (QED) is 0.128. The lowest BCUT2D eigenvalue weighted by molar-refractivity contribution is -0.384. The molecule has 1 saturated heterocycles. The Morgan fingerprint density at radius 3 is 2.11 bits per heavy atom. The lowest BCUT2D eigenvalue weighted by atomic mass is 10.1. The van der Waals surface area contributed by atoms with Gasteiger partial charge < -0.3 is 4.42 Å². The van der Waals surface area contributed by atoms with E-state index in [2.05, 4.69) is 0 Å². The van der Waals surface area contributed by atoms with Gasteiger partial charge in [-0.15, -0.1) is 0 Å². The summed E-state index contributed by atoms with van der Waals surface area (Å²) in [5.74, 6) is -1.32. The average Bonchev–Trinajstić information content (AvgIpc) is 3.37. The molecule has 4 amide bonds. The van der Waals surface area contributed by atoms with Crippen molar-refractivity contribution in [3.05, 3.63) is 117 Å². The number of halogens is 1. The van der Waals surface area contributed by atoms with Crippen LogP contribution in [-0.4, -0.2) is 22.8 Å². The molecule has 3 aromatic carbocycles. The Labute approximate surface area is 221 Å². The first-order valence-corrected chi connectivity index (χ1v) is 11.7. The molecular formula is C28H18ClN3O6. The zero-order chi connectivity index (χ0) is 27.0. The third-order valence-corrected chi connectivity index (χ3v) is 6.23. The van der Waals surface area contributed by atoms with Crippen LogP contribution in [0.15, 0.2) is 94.9 Å². The molecule has 1 aliphatic rings. The van der Waals surface area contributed by atoms with Gasteiger partial charge in [0.15, 0.2) is 0 Å². The number of rotatable bonds is 5. The van der Waals surface area contributed by atoms with Gasteiger partial charge in [0, 0.05) is 17.7 Å². The number of carbonyl (C=O) groups is 3. The molecule has 4 aromatic rings. The van der Waals surface area contributed by atoms with Gasteiger partial charge in [-0.2, -0.15) is 0 Å². The van der Waals surface area contributed by atoms with Crippen molar-refractivity contribution in [3.63, 3.8) is 0 Å². The van der Waals surface area contributed by atoms with Gasteiger partial charge in [-0.3, -0.25) is 19.7 Å². The van der Waals surface area contributed by atoms with Crippen LogP contribution in [0, 0.1) is 17.0 Å². The van der Waals surface area contributed by atoms with Crippen molar-refractivity contribution in [2.24, 2.45) is 0 Å². The van der Waals surface area contributed by atoms with E-state index in [0.717, 1.165) is 15.4 Å². The number of barbiturate groups is 1. The summed E-state index contributed by atoms with van der Waals surface area (Å²) >= 11 is 6.23. The molecule has 0 spiro atoms. The predicted octanol–water partition coefficient (Wildman–Crippen LogP) is 6.40. The van der Waals surface area contributed by atoms with Crippen LogP contribution in [0.4, 0.5) is 21.9 Å². The predicted molar refractivity (Wildman–Crippen MR) is 142 cm³/mol. The largest absolute Gasteiger partial charge is 0.457 e. The van der Waals surface area contributed by atoms with Crippen LogP contribution in [0.1, 0.15) is 11.3 Å². The first kappa shape index (κ1) is 24.7. The third-order valence-electron chi connectivity index (χ3n) is 5.90. The normalized spacial score (nSPS) is 14.9. The number of para-hydroxylation sites is 1. The number of nitro groups is 1. The monoisotopic (exact) mass is 527 g/mol. The Bertz CT molecular complexity index is 1630. The van der Waals surface area contributed by atoms with Crippen LogP contribution in [0.5, 0.6) is 0 Å². The number of carbonyl (C=O) groups excluding carboxylic acids is 3. The van der Waals surface area contributed by atoms with Gasteiger partial charge in [0.05, 0.1) is 21.3 Å². The van der Waals surface area contributed by atoms with Crippen molar-refractivity contribution < 1.29 is 23.7 Å². The van der Waals surface area contributed by atoms with E-state index in [1.807, 2.05) is 6.92 Å². The minimum atomic E-state index is -0.819. The lowest BCUT2D eigenvalue weighted by Crippen LogP contribution is -2.57. The number of anilines is 2. The van der Waals surface area contributed by atoms with Crippen molar-refractivity contribution in [2.45, 2.75) is 6.92 Å². The van der Waals surface area contributed by atoms with Crippen LogP contribution in [0.3, 0.4) is 0 Å². The van der Waals surface area contributed by atoms with E-state index in [4.69, 9.17) is 16.0 Å². The standard InChI is InChI=1S/C28H18ClN3O6/c1-17-7-9-19(10-8-17)31-27(34)23(26(33)30(28(31)35)18-5-3-2-4-6-18)16-21-12-14-25(38-21)22-15-20(32(36)37)11-13-24(22)29/h2-16H,1H3/b23-16+. The zero-order valence-electron chi connectivity index (χ0n) is 19.8. The molecule has 1 fully saturated rings. The molecule has 10 heteroatoms. The van der Waals surface area contributed by atoms with Gasteiger partial charge in [-0.1, -0.05) is 47.5 Å². The molecule has 0 saturated carbocycles. The van der Waals surface area contributed by atoms with Crippen molar-refractivity contribution >= 4 is 52.6 Å². The van der Waals surface area contributed by atoms with E-state index in [-0.39, 0.29) is 33.4 Å². The van der Waals surface area contributed by atoms with E-state index in [1.54, 1.807) is 54.6 Å². The molecule has 0 aliphatic carbocycles. The molecule has 1 aliphatic heterocycles. The molecular weight excluding hydrogens is 510 g/mol. The van der Waals surface area contributed by atoms with Gasteiger partial charge in [-0.25, -0.2) is 14.6 Å². The number of hydrogen-bond acceptors (Lipinski definition) is 6. The minimum Gasteiger partial charge on any atom is -0.457 e. The van der Waals surface area contributed by atoms with Gasteiger partial charge in [0.1, 0.15) is 17.1 Å². The Morgan fingerprint density at radius 2 is 1.47 bits per heavy atom. The fourth-order valence-electron chi connectivity index (χ4n) is 3.99. The molecule has 0 radical (unpaired) electrons. The number of aryl methyl sites for hydroxylation is 1. The van der Waals surface area contributed by atoms with Crippen molar-refractivity contribution in [2.75, 3.05) is 9.80 Å². The minimum absolute atomic E-state index is 0.116. The number of amides is 4. The first-order chi connectivity index (χ1) is 18.2. The van der Waals surface area contributed by atoms with Crippen molar-refractivity contribution in [3.8, 4) is 11.3 Å². The highest BCUT2D eigenvalue weighted by atomic mass is 35.5.